The molecule has 7 heteroatoms. The summed E-state index contributed by atoms with van der Waals surface area (Å²) in [6.45, 7) is 4.34. The molecule has 0 amide bonds. The molecule has 0 aliphatic carbocycles. The van der Waals surface area contributed by atoms with Crippen LogP contribution in [-0.4, -0.2) is 19.8 Å². The second-order valence-electron chi connectivity index (χ2n) is 7.92. The molecule has 1 aliphatic heterocycles. The number of aromatic nitrogens is 1. The van der Waals surface area contributed by atoms with Crippen molar-refractivity contribution in [3.8, 4) is 11.5 Å². The average molecular weight is 448 g/mol. The van der Waals surface area contributed by atoms with Crippen molar-refractivity contribution in [1.29, 1.82) is 0 Å². The number of fused-ring (bicyclic) bond motifs is 2. The first-order valence-corrected chi connectivity index (χ1v) is 11.7. The van der Waals surface area contributed by atoms with E-state index in [1.807, 2.05) is 38.1 Å². The van der Waals surface area contributed by atoms with Crippen molar-refractivity contribution in [3.05, 3.63) is 93.8 Å². The second-order valence-corrected chi connectivity index (χ2v) is 9.83. The Hall–Kier alpha value is -3.58. The van der Waals surface area contributed by atoms with Gasteiger partial charge in [-0.25, -0.2) is 8.42 Å². The van der Waals surface area contributed by atoms with Crippen molar-refractivity contribution in [1.82, 2.24) is 4.57 Å². The normalized spacial score (nSPS) is 12.9. The lowest BCUT2D eigenvalue weighted by Gasteiger charge is -2.16. The summed E-state index contributed by atoms with van der Waals surface area (Å²) in [5.41, 5.74) is 3.06. The van der Waals surface area contributed by atoms with Crippen molar-refractivity contribution >= 4 is 20.7 Å². The summed E-state index contributed by atoms with van der Waals surface area (Å²) in [4.78, 5) is 13.2. The van der Waals surface area contributed by atoms with E-state index < -0.39 is 15.3 Å². The average Bonchev–Trinajstić information content (AvgIpc) is 3.24. The first-order valence-electron chi connectivity index (χ1n) is 10.2. The lowest BCUT2D eigenvalue weighted by Crippen LogP contribution is -2.20. The third-order valence-corrected chi connectivity index (χ3v) is 7.53. The Balaban J connectivity index is 1.78. The third-order valence-electron chi connectivity index (χ3n) is 5.76. The van der Waals surface area contributed by atoms with Gasteiger partial charge in [0.05, 0.1) is 15.8 Å². The first kappa shape index (κ1) is 20.3. The van der Waals surface area contributed by atoms with Crippen LogP contribution < -0.4 is 14.9 Å². The molecule has 32 heavy (non-hydrogen) atoms. The summed E-state index contributed by atoms with van der Waals surface area (Å²) in [6, 6.07) is 17.7. The van der Waals surface area contributed by atoms with Crippen molar-refractivity contribution in [2.45, 2.75) is 30.2 Å². The van der Waals surface area contributed by atoms with E-state index >= 15 is 0 Å². The number of ether oxygens (including phenoxy) is 2. The number of nitrogens with zero attached hydrogens (tertiary/aromatic N) is 1. The van der Waals surface area contributed by atoms with Crippen LogP contribution in [0.25, 0.3) is 10.9 Å². The predicted octanol–water partition coefficient (Wildman–Crippen LogP) is 4.23. The van der Waals surface area contributed by atoms with Crippen molar-refractivity contribution < 1.29 is 17.9 Å². The smallest absolute Gasteiger partial charge is 0.231 e. The highest BCUT2D eigenvalue weighted by Crippen LogP contribution is 2.36. The maximum absolute atomic E-state index is 13.4. The Morgan fingerprint density at radius 2 is 1.62 bits per heavy atom. The molecular formula is C25H21NO5S. The van der Waals surface area contributed by atoms with Gasteiger partial charge in [-0.2, -0.15) is 0 Å². The van der Waals surface area contributed by atoms with E-state index in [9.17, 15) is 13.2 Å². The van der Waals surface area contributed by atoms with Gasteiger partial charge in [0.15, 0.2) is 11.5 Å². The van der Waals surface area contributed by atoms with Crippen LogP contribution in [0, 0.1) is 13.8 Å². The van der Waals surface area contributed by atoms with Crippen LogP contribution in [0.2, 0.25) is 0 Å². The highest BCUT2D eigenvalue weighted by molar-refractivity contribution is 7.91. The van der Waals surface area contributed by atoms with Crippen LogP contribution >= 0.6 is 0 Å². The zero-order valence-electron chi connectivity index (χ0n) is 17.7. The highest BCUT2D eigenvalue weighted by atomic mass is 32.2. The molecule has 3 aromatic carbocycles. The summed E-state index contributed by atoms with van der Waals surface area (Å²) in [6.07, 6.45) is 1.44. The molecule has 4 aromatic rings. The fourth-order valence-electron chi connectivity index (χ4n) is 3.89. The molecule has 0 fully saturated rings. The predicted molar refractivity (Wildman–Crippen MR) is 121 cm³/mol. The number of sulfone groups is 1. The van der Waals surface area contributed by atoms with E-state index in [0.29, 0.717) is 23.6 Å². The van der Waals surface area contributed by atoms with Gasteiger partial charge in [0, 0.05) is 18.8 Å². The number of aryl methyl sites for hydroxylation is 2. The van der Waals surface area contributed by atoms with Crippen LogP contribution in [0.5, 0.6) is 11.5 Å². The number of pyridine rings is 1. The largest absolute Gasteiger partial charge is 0.454 e. The zero-order chi connectivity index (χ0) is 22.5. The number of benzene rings is 3. The Morgan fingerprint density at radius 3 is 2.34 bits per heavy atom. The van der Waals surface area contributed by atoms with Crippen molar-refractivity contribution in [3.63, 3.8) is 0 Å². The lowest BCUT2D eigenvalue weighted by molar-refractivity contribution is 0.174. The van der Waals surface area contributed by atoms with Gasteiger partial charge >= 0.3 is 0 Å². The molecule has 162 valence electrons. The Bertz CT molecular complexity index is 1520. The fraction of sp³-hybridized carbons (Fsp3) is 0.160. The molecule has 0 N–H and O–H groups in total. The molecule has 0 unspecified atom stereocenters. The Labute approximate surface area is 185 Å². The van der Waals surface area contributed by atoms with Crippen LogP contribution in [0.3, 0.4) is 0 Å². The van der Waals surface area contributed by atoms with Crippen LogP contribution in [0.15, 0.2) is 81.4 Å². The van der Waals surface area contributed by atoms with Gasteiger partial charge in [0.2, 0.25) is 22.1 Å². The van der Waals surface area contributed by atoms with E-state index in [4.69, 9.17) is 9.47 Å². The standard InChI is InChI=1S/C25H21NO5S/c1-16-7-9-19(10-8-16)32(28,29)24-14-26(13-18-6-4-3-5-17(18)2)21-12-23-22(30-15-31-23)11-20(21)25(24)27/h3-12,14H,13,15H2,1-2H3. The summed E-state index contributed by atoms with van der Waals surface area (Å²) in [7, 11) is -4.02. The summed E-state index contributed by atoms with van der Waals surface area (Å²) in [5.74, 6) is 0.964. The van der Waals surface area contributed by atoms with Crippen molar-refractivity contribution in [2.75, 3.05) is 6.79 Å². The number of hydrogen-bond donors (Lipinski definition) is 0. The topological polar surface area (TPSA) is 74.6 Å². The van der Waals surface area contributed by atoms with Gasteiger partial charge in [0.1, 0.15) is 4.90 Å². The van der Waals surface area contributed by atoms with Crippen LogP contribution in [0.4, 0.5) is 0 Å². The number of rotatable bonds is 4. The summed E-state index contributed by atoms with van der Waals surface area (Å²) >= 11 is 0. The molecule has 0 saturated carbocycles. The molecular weight excluding hydrogens is 426 g/mol. The van der Waals surface area contributed by atoms with Crippen LogP contribution in [0.1, 0.15) is 16.7 Å². The molecule has 0 bridgehead atoms. The molecule has 0 atom stereocenters. The number of hydrogen-bond acceptors (Lipinski definition) is 5. The van der Waals surface area contributed by atoms with E-state index in [1.165, 1.54) is 18.3 Å². The summed E-state index contributed by atoms with van der Waals surface area (Å²) in [5, 5.41) is 0.274. The molecule has 1 aromatic heterocycles. The monoisotopic (exact) mass is 447 g/mol. The van der Waals surface area contributed by atoms with Gasteiger partial charge in [0.25, 0.3) is 0 Å². The lowest BCUT2D eigenvalue weighted by atomic mass is 10.1. The Morgan fingerprint density at radius 1 is 0.938 bits per heavy atom. The van der Waals surface area contributed by atoms with E-state index in [2.05, 4.69) is 0 Å². The first-order chi connectivity index (χ1) is 15.3. The van der Waals surface area contributed by atoms with E-state index in [0.717, 1.165) is 16.7 Å². The van der Waals surface area contributed by atoms with E-state index in [1.54, 1.807) is 28.8 Å². The minimum atomic E-state index is -4.02. The van der Waals surface area contributed by atoms with Gasteiger partial charge in [-0.1, -0.05) is 42.0 Å². The third kappa shape index (κ3) is 3.35. The Kier molecular flexibility index (Phi) is 4.78. The molecule has 0 radical (unpaired) electrons. The van der Waals surface area contributed by atoms with Gasteiger partial charge in [-0.3, -0.25) is 4.79 Å². The SMILES string of the molecule is Cc1ccc(S(=O)(=O)c2cn(Cc3ccccc3C)c3cc4c(cc3c2=O)OCO4)cc1. The molecule has 2 heterocycles. The second kappa shape index (κ2) is 7.53. The zero-order valence-corrected chi connectivity index (χ0v) is 18.5. The quantitative estimate of drug-likeness (QED) is 0.468. The highest BCUT2D eigenvalue weighted by Gasteiger charge is 2.26. The maximum Gasteiger partial charge on any atom is 0.231 e. The van der Waals surface area contributed by atoms with Gasteiger partial charge < -0.3 is 14.0 Å². The molecule has 1 aliphatic rings. The molecule has 0 spiro atoms. The summed E-state index contributed by atoms with van der Waals surface area (Å²) < 4.78 is 39.6. The molecule has 5 rings (SSSR count). The van der Waals surface area contributed by atoms with Crippen LogP contribution in [-0.2, 0) is 16.4 Å². The fourth-order valence-corrected chi connectivity index (χ4v) is 5.26. The maximum atomic E-state index is 13.4. The minimum Gasteiger partial charge on any atom is -0.454 e. The van der Waals surface area contributed by atoms with Gasteiger partial charge in [-0.05, 0) is 43.2 Å². The van der Waals surface area contributed by atoms with Gasteiger partial charge in [-0.15, -0.1) is 0 Å². The van der Waals surface area contributed by atoms with E-state index in [-0.39, 0.29) is 22.0 Å². The minimum absolute atomic E-state index is 0.0617. The molecule has 6 nitrogen and oxygen atoms in total. The molecule has 0 saturated heterocycles. The van der Waals surface area contributed by atoms with Crippen molar-refractivity contribution in [2.24, 2.45) is 0 Å².